The van der Waals surface area contributed by atoms with Gasteiger partial charge in [0.25, 0.3) is 5.91 Å². The van der Waals surface area contributed by atoms with Crippen LogP contribution in [0, 0.1) is 0 Å². The predicted octanol–water partition coefficient (Wildman–Crippen LogP) is 5.63. The number of carboxylic acid groups (broad SMARTS) is 1. The van der Waals surface area contributed by atoms with Gasteiger partial charge in [-0.2, -0.15) is 0 Å². The second kappa shape index (κ2) is 11.9. The Bertz CT molecular complexity index is 1490. The molecule has 0 aromatic heterocycles. The van der Waals surface area contributed by atoms with E-state index in [0.717, 1.165) is 27.8 Å². The number of hydrogen-bond donors (Lipinski definition) is 4. The summed E-state index contributed by atoms with van der Waals surface area (Å²) in [5.74, 6) is -1.73. The highest BCUT2D eigenvalue weighted by Crippen LogP contribution is 2.44. The fourth-order valence-electron chi connectivity index (χ4n) is 4.76. The van der Waals surface area contributed by atoms with Crippen LogP contribution in [-0.2, 0) is 16.0 Å². The Balaban J connectivity index is 1.13. The van der Waals surface area contributed by atoms with Crippen LogP contribution >= 0.6 is 11.6 Å². The van der Waals surface area contributed by atoms with Crippen LogP contribution in [0.5, 0.6) is 0 Å². The van der Waals surface area contributed by atoms with Crippen LogP contribution < -0.4 is 16.2 Å². The fourth-order valence-corrected chi connectivity index (χ4v) is 4.89. The number of aliphatic carboxylic acids is 1. The van der Waals surface area contributed by atoms with Crippen LogP contribution in [0.3, 0.4) is 0 Å². The average Bonchev–Trinajstić information content (AvgIpc) is 3.29. The molecule has 0 unspecified atom stereocenters. The molecule has 202 valence electrons. The van der Waals surface area contributed by atoms with Crippen molar-refractivity contribution in [1.29, 1.82) is 0 Å². The van der Waals surface area contributed by atoms with Crippen LogP contribution in [0.4, 0.5) is 10.5 Å². The number of nitrogens with one attached hydrogen (secondary N) is 3. The monoisotopic (exact) mass is 555 g/mol. The van der Waals surface area contributed by atoms with E-state index in [2.05, 4.69) is 28.3 Å². The predicted molar refractivity (Wildman–Crippen MR) is 152 cm³/mol. The van der Waals surface area contributed by atoms with Crippen LogP contribution in [0.25, 0.3) is 11.1 Å². The average molecular weight is 556 g/mol. The first-order chi connectivity index (χ1) is 19.4. The lowest BCUT2D eigenvalue weighted by Crippen LogP contribution is -2.42. The molecule has 4 aromatic rings. The fraction of sp³-hybridized carbons (Fsp3) is 0.129. The van der Waals surface area contributed by atoms with Gasteiger partial charge in [0, 0.05) is 22.9 Å². The van der Waals surface area contributed by atoms with Gasteiger partial charge in [-0.25, -0.2) is 15.0 Å². The number of amides is 2. The molecule has 0 heterocycles. The van der Waals surface area contributed by atoms with Gasteiger partial charge >= 0.3 is 12.1 Å². The number of benzene rings is 4. The number of anilines is 1. The Morgan fingerprint density at radius 2 is 1.43 bits per heavy atom. The number of halogens is 1. The third kappa shape index (κ3) is 6.08. The molecule has 1 aliphatic carbocycles. The zero-order valence-corrected chi connectivity index (χ0v) is 22.0. The minimum Gasteiger partial charge on any atom is -0.480 e. The second-order valence-corrected chi connectivity index (χ2v) is 9.78. The van der Waals surface area contributed by atoms with Crippen molar-refractivity contribution in [2.75, 3.05) is 12.0 Å². The minimum absolute atomic E-state index is 0.0507. The number of carbonyl (C=O) groups excluding carboxylic acids is 2. The largest absolute Gasteiger partial charge is 0.480 e. The van der Waals surface area contributed by atoms with Crippen LogP contribution in [0.1, 0.15) is 33.0 Å². The first-order valence-corrected chi connectivity index (χ1v) is 13.0. The van der Waals surface area contributed by atoms with E-state index in [1.54, 1.807) is 36.4 Å². The standard InChI is InChI=1S/C31H26ClN3O5/c32-21-13-9-19(10-14-21)17-28(30(37)38)33-29(36)20-11-15-22(16-12-20)34-35-31(39)40-18-27-25-7-3-1-5-23(25)24-6-2-4-8-26(24)27/h1-16,27-28,34H,17-18H2,(H,33,36)(H,35,39)(H,37,38)/t28-/m0/s1. The molecule has 5 rings (SSSR count). The van der Waals surface area contributed by atoms with E-state index in [9.17, 15) is 19.5 Å². The van der Waals surface area contributed by atoms with E-state index in [4.69, 9.17) is 16.3 Å². The third-order valence-corrected chi connectivity index (χ3v) is 7.01. The van der Waals surface area contributed by atoms with Crippen molar-refractivity contribution in [3.63, 3.8) is 0 Å². The minimum atomic E-state index is -1.14. The highest BCUT2D eigenvalue weighted by molar-refractivity contribution is 6.30. The molecule has 0 spiro atoms. The molecule has 0 fully saturated rings. The van der Waals surface area contributed by atoms with Gasteiger partial charge in [0.05, 0.1) is 5.69 Å². The van der Waals surface area contributed by atoms with E-state index in [-0.39, 0.29) is 24.5 Å². The summed E-state index contributed by atoms with van der Waals surface area (Å²) >= 11 is 5.88. The van der Waals surface area contributed by atoms with Gasteiger partial charge in [-0.15, -0.1) is 0 Å². The number of carboxylic acids is 1. The van der Waals surface area contributed by atoms with Gasteiger partial charge in [0.1, 0.15) is 12.6 Å². The van der Waals surface area contributed by atoms with E-state index >= 15 is 0 Å². The number of hydrazine groups is 1. The van der Waals surface area contributed by atoms with Crippen LogP contribution in [-0.4, -0.2) is 35.7 Å². The Morgan fingerprint density at radius 1 is 0.825 bits per heavy atom. The molecular formula is C31H26ClN3O5. The van der Waals surface area contributed by atoms with E-state index < -0.39 is 24.0 Å². The Kier molecular flexibility index (Phi) is 7.98. The molecule has 0 saturated heterocycles. The van der Waals surface area contributed by atoms with Gasteiger partial charge in [-0.1, -0.05) is 72.3 Å². The molecule has 0 radical (unpaired) electrons. The van der Waals surface area contributed by atoms with Gasteiger partial charge in [-0.3, -0.25) is 10.2 Å². The summed E-state index contributed by atoms with van der Waals surface area (Å²) in [7, 11) is 0. The highest BCUT2D eigenvalue weighted by atomic mass is 35.5. The van der Waals surface area contributed by atoms with Crippen molar-refractivity contribution >= 4 is 35.3 Å². The molecule has 1 atom stereocenters. The van der Waals surface area contributed by atoms with Gasteiger partial charge in [0.2, 0.25) is 0 Å². The summed E-state index contributed by atoms with van der Waals surface area (Å²) < 4.78 is 5.51. The quantitative estimate of drug-likeness (QED) is 0.199. The van der Waals surface area contributed by atoms with E-state index in [0.29, 0.717) is 10.7 Å². The molecule has 2 amide bonds. The lowest BCUT2D eigenvalue weighted by Gasteiger charge is -2.16. The summed E-state index contributed by atoms with van der Waals surface area (Å²) in [6.07, 6.45) is -0.530. The maximum atomic E-state index is 12.7. The smallest absolute Gasteiger partial charge is 0.425 e. The Morgan fingerprint density at radius 3 is 2.02 bits per heavy atom. The number of carbonyl (C=O) groups is 3. The van der Waals surface area contributed by atoms with Crippen LogP contribution in [0.2, 0.25) is 5.02 Å². The number of ether oxygens (including phenoxy) is 1. The molecule has 0 aliphatic heterocycles. The lowest BCUT2D eigenvalue weighted by molar-refractivity contribution is -0.139. The van der Waals surface area contributed by atoms with E-state index in [1.165, 1.54) is 12.1 Å². The first-order valence-electron chi connectivity index (χ1n) is 12.6. The molecular weight excluding hydrogens is 530 g/mol. The lowest BCUT2D eigenvalue weighted by atomic mass is 9.98. The Labute approximate surface area is 235 Å². The molecule has 0 bridgehead atoms. The Hall–Kier alpha value is -4.82. The molecule has 40 heavy (non-hydrogen) atoms. The maximum absolute atomic E-state index is 12.7. The summed E-state index contributed by atoms with van der Waals surface area (Å²) in [6.45, 7) is 0.182. The van der Waals surface area contributed by atoms with Gasteiger partial charge in [0.15, 0.2) is 0 Å². The molecule has 9 heteroatoms. The van der Waals surface area contributed by atoms with Gasteiger partial charge in [-0.05, 0) is 64.2 Å². The summed E-state index contributed by atoms with van der Waals surface area (Å²) in [5.41, 5.74) is 11.3. The SMILES string of the molecule is O=C(NNc1ccc(C(=O)N[C@@H](Cc2ccc(Cl)cc2)C(=O)O)cc1)OCC1c2ccccc2-c2ccccc21. The van der Waals surface area contributed by atoms with Crippen molar-refractivity contribution in [2.45, 2.75) is 18.4 Å². The number of hydrogen-bond acceptors (Lipinski definition) is 5. The second-order valence-electron chi connectivity index (χ2n) is 9.35. The van der Waals surface area contributed by atoms with Crippen molar-refractivity contribution in [3.8, 4) is 11.1 Å². The normalized spacial score (nSPS) is 12.5. The van der Waals surface area contributed by atoms with Crippen molar-refractivity contribution in [3.05, 3.63) is 124 Å². The zero-order chi connectivity index (χ0) is 28.1. The molecule has 4 N–H and O–H groups in total. The third-order valence-electron chi connectivity index (χ3n) is 6.76. The zero-order valence-electron chi connectivity index (χ0n) is 21.3. The molecule has 0 saturated carbocycles. The van der Waals surface area contributed by atoms with Crippen molar-refractivity contribution < 1.29 is 24.2 Å². The molecule has 4 aromatic carbocycles. The van der Waals surface area contributed by atoms with Crippen molar-refractivity contribution in [1.82, 2.24) is 10.7 Å². The molecule has 8 nitrogen and oxygen atoms in total. The highest BCUT2D eigenvalue weighted by Gasteiger charge is 2.29. The van der Waals surface area contributed by atoms with Crippen LogP contribution in [0.15, 0.2) is 97.1 Å². The maximum Gasteiger partial charge on any atom is 0.425 e. The van der Waals surface area contributed by atoms with Crippen molar-refractivity contribution in [2.24, 2.45) is 0 Å². The molecule has 1 aliphatic rings. The number of rotatable bonds is 9. The van der Waals surface area contributed by atoms with Gasteiger partial charge < -0.3 is 15.2 Å². The number of fused-ring (bicyclic) bond motifs is 3. The topological polar surface area (TPSA) is 117 Å². The summed E-state index contributed by atoms with van der Waals surface area (Å²) in [4.78, 5) is 36.8. The van der Waals surface area contributed by atoms with E-state index in [1.807, 2.05) is 36.4 Å². The summed E-state index contributed by atoms with van der Waals surface area (Å²) in [5, 5.41) is 12.6. The first kappa shape index (κ1) is 26.8. The summed E-state index contributed by atoms with van der Waals surface area (Å²) in [6, 6.07) is 28.1.